The van der Waals surface area contributed by atoms with Crippen molar-refractivity contribution in [2.45, 2.75) is 208 Å². The summed E-state index contributed by atoms with van der Waals surface area (Å²) in [5.41, 5.74) is -2.07. The van der Waals surface area contributed by atoms with E-state index in [4.69, 9.17) is 0 Å². The topological polar surface area (TPSA) is 156 Å². The molecule has 10 aromatic rings. The van der Waals surface area contributed by atoms with E-state index in [0.717, 1.165) is 128 Å². The third-order valence-electron chi connectivity index (χ3n) is 17.5. The molecule has 0 spiro atoms. The number of benzene rings is 6. The maximum atomic E-state index is 14.3. The average Bonchev–Trinajstić information content (AvgIpc) is 4.13. The van der Waals surface area contributed by atoms with Crippen LogP contribution in [0.5, 0.6) is 0 Å². The Kier molecular flexibility index (Phi) is 18.1. The van der Waals surface area contributed by atoms with Crippen LogP contribution >= 0.6 is 0 Å². The van der Waals surface area contributed by atoms with Gasteiger partial charge in [-0.1, -0.05) is 168 Å². The molecule has 0 aliphatic heterocycles. The molecule has 12 heteroatoms. The van der Waals surface area contributed by atoms with Crippen LogP contribution in [0.4, 0.5) is 0 Å². The van der Waals surface area contributed by atoms with Crippen molar-refractivity contribution >= 4 is 86.2 Å². The van der Waals surface area contributed by atoms with E-state index < -0.39 is 0 Å². The van der Waals surface area contributed by atoms with Crippen molar-refractivity contribution < 1.29 is 0 Å². The van der Waals surface area contributed by atoms with Crippen molar-refractivity contribution in [2.24, 2.45) is 0 Å². The van der Waals surface area contributed by atoms with Crippen molar-refractivity contribution in [3.05, 3.63) is 155 Å². The van der Waals surface area contributed by atoms with Gasteiger partial charge >= 0.3 is 0 Å². The van der Waals surface area contributed by atoms with Gasteiger partial charge in [-0.25, -0.2) is 0 Å². The van der Waals surface area contributed by atoms with E-state index in [1.54, 1.807) is 48.5 Å². The van der Waals surface area contributed by atoms with Gasteiger partial charge in [-0.15, -0.1) is 0 Å². The van der Waals surface area contributed by atoms with Gasteiger partial charge in [0, 0.05) is 37.3 Å². The molecule has 0 aliphatic carbocycles. The molecular weight excluding hydrogens is 1020 g/mol. The number of hydrogen-bond donors (Lipinski definition) is 0. The van der Waals surface area contributed by atoms with Gasteiger partial charge in [-0.05, 0) is 129 Å². The summed E-state index contributed by atoms with van der Waals surface area (Å²) in [5.74, 6) is 7.00. The highest BCUT2D eigenvalue weighted by Crippen LogP contribution is 2.35. The molecule has 0 N–H and O–H groups in total. The van der Waals surface area contributed by atoms with Gasteiger partial charge in [0.25, 0.3) is 44.5 Å². The fourth-order valence-electron chi connectivity index (χ4n) is 12.8. The summed E-state index contributed by atoms with van der Waals surface area (Å²) in [7, 11) is 0. The molecule has 0 bridgehead atoms. The number of rotatable bonds is 28. The van der Waals surface area contributed by atoms with Crippen LogP contribution in [0.15, 0.2) is 99.0 Å². The lowest BCUT2D eigenvalue weighted by atomic mass is 9.92. The maximum Gasteiger partial charge on any atom is 0.261 e. The van der Waals surface area contributed by atoms with Crippen molar-refractivity contribution in [1.82, 2.24) is 18.3 Å². The lowest BCUT2D eigenvalue weighted by Gasteiger charge is -2.09. The molecule has 10 rings (SSSR count). The smallest absolute Gasteiger partial charge is 0.261 e. The number of aromatic nitrogens is 4. The predicted octanol–water partition coefficient (Wildman–Crippen LogP) is 13.6. The highest BCUT2D eigenvalue weighted by Gasteiger charge is 2.22. The van der Waals surface area contributed by atoms with Crippen molar-refractivity contribution in [1.29, 1.82) is 0 Å². The molecule has 6 aromatic carbocycles. The molecule has 4 heterocycles. The molecule has 0 aliphatic rings. The third-order valence-corrected chi connectivity index (χ3v) is 17.5. The number of nitrogens with zero attached hydrogens (tertiary/aromatic N) is 4. The molecule has 0 fully saturated rings. The number of unbranched alkanes of at least 4 members (excludes halogenated alkanes) is 20. The highest BCUT2D eigenvalue weighted by molar-refractivity contribution is 6.15. The molecular formula is C70H78N4O8. The summed E-state index contributed by atoms with van der Waals surface area (Å²) in [6.07, 6.45) is 23.9. The lowest BCUT2D eigenvalue weighted by Crippen LogP contribution is -2.25. The van der Waals surface area contributed by atoms with Crippen molar-refractivity contribution in [2.75, 3.05) is 0 Å². The minimum Gasteiger partial charge on any atom is -0.274 e. The molecule has 0 atom stereocenters. The van der Waals surface area contributed by atoms with Crippen molar-refractivity contribution in [3.8, 4) is 11.8 Å². The second-order valence-electron chi connectivity index (χ2n) is 23.3. The zero-order chi connectivity index (χ0) is 57.6. The van der Waals surface area contributed by atoms with Gasteiger partial charge in [0.05, 0.1) is 43.1 Å². The third kappa shape index (κ3) is 11.2. The zero-order valence-electron chi connectivity index (χ0n) is 48.6. The standard InChI is InChI=1S/C70H78N4O8/c1-5-9-13-17-21-25-31-71-63(75)55-37-45-35-46-38-56-60(68(80)72(64(56)76)32-26-22-18-14-10-6-2)42-52(46)49(51(45)41-59(55)67(71)79)29-30-50-53-43-61-57(65(77)73(69(61)81)33-27-23-19-15-11-7-3)39-47(53)36-48-40-58-62(44-54(48)50)70(82)74(66(58)78)34-28-24-20-16-12-8-4/h35-44H,5-28,31-34H2,1-4H3. The highest BCUT2D eigenvalue weighted by atomic mass is 16.2. The fourth-order valence-corrected chi connectivity index (χ4v) is 12.8. The molecule has 82 heavy (non-hydrogen) atoms. The first-order valence-electron chi connectivity index (χ1n) is 31.0. The van der Waals surface area contributed by atoms with E-state index in [1.807, 2.05) is 12.1 Å². The summed E-state index contributed by atoms with van der Waals surface area (Å²) in [5, 5.41) is 6.87. The Bertz CT molecular complexity index is 4000. The first kappa shape index (κ1) is 57.7. The molecule has 0 radical (unpaired) electrons. The van der Waals surface area contributed by atoms with Crippen LogP contribution in [0.25, 0.3) is 86.2 Å². The quantitative estimate of drug-likeness (QED) is 0.0267. The zero-order valence-corrected chi connectivity index (χ0v) is 48.6. The van der Waals surface area contributed by atoms with Crippen LogP contribution in [0.3, 0.4) is 0 Å². The van der Waals surface area contributed by atoms with Gasteiger partial charge in [0.2, 0.25) is 0 Å². The van der Waals surface area contributed by atoms with Crippen LogP contribution < -0.4 is 44.5 Å². The van der Waals surface area contributed by atoms with Crippen LogP contribution in [-0.4, -0.2) is 18.3 Å². The van der Waals surface area contributed by atoms with E-state index in [0.29, 0.717) is 106 Å². The van der Waals surface area contributed by atoms with Gasteiger partial charge in [-0.2, -0.15) is 0 Å². The van der Waals surface area contributed by atoms with E-state index >= 15 is 0 Å². The molecule has 0 saturated carbocycles. The summed E-state index contributed by atoms with van der Waals surface area (Å²) in [6, 6.07) is 17.6. The summed E-state index contributed by atoms with van der Waals surface area (Å²) < 4.78 is 5.33. The average molecular weight is 1100 g/mol. The molecule has 0 amide bonds. The Morgan fingerprint density at radius 1 is 0.232 bits per heavy atom. The molecule has 12 nitrogen and oxygen atoms in total. The second kappa shape index (κ2) is 25.7. The minimum atomic E-state index is -0.383. The van der Waals surface area contributed by atoms with E-state index in [9.17, 15) is 38.4 Å². The van der Waals surface area contributed by atoms with E-state index in [1.165, 1.54) is 18.3 Å². The summed E-state index contributed by atoms with van der Waals surface area (Å²) >= 11 is 0. The first-order valence-corrected chi connectivity index (χ1v) is 31.0. The Morgan fingerprint density at radius 3 is 0.622 bits per heavy atom. The normalized spacial score (nSPS) is 12.1. The molecule has 426 valence electrons. The van der Waals surface area contributed by atoms with E-state index in [2.05, 4.69) is 39.5 Å². The Morgan fingerprint density at radius 2 is 0.415 bits per heavy atom. The Balaban J connectivity index is 1.19. The minimum absolute atomic E-state index is 0.257. The van der Waals surface area contributed by atoms with Gasteiger partial charge in [-0.3, -0.25) is 56.6 Å². The Labute approximate surface area is 476 Å². The van der Waals surface area contributed by atoms with Gasteiger partial charge < -0.3 is 0 Å². The van der Waals surface area contributed by atoms with Crippen molar-refractivity contribution in [3.63, 3.8) is 0 Å². The molecule has 0 unspecified atom stereocenters. The van der Waals surface area contributed by atoms with Crippen LogP contribution in [-0.2, 0) is 26.2 Å². The van der Waals surface area contributed by atoms with Gasteiger partial charge in [0.15, 0.2) is 0 Å². The monoisotopic (exact) mass is 1100 g/mol. The number of hydrogen-bond acceptors (Lipinski definition) is 8. The SMILES string of the molecule is CCCCCCCCn1c(=O)c2cc3cc4cc5c(=O)n(CCCCCCCC)c(=O)c5cc4c(C#Cc4c5cc6c(=O)n(CCCCCCCC)c(=O)c6cc5cc5cc6c(=O)n(CCCCCCCC)c(=O)c6cc45)c3cc2c1=O. The second-order valence-corrected chi connectivity index (χ2v) is 23.3. The molecule has 4 aromatic heterocycles. The van der Waals surface area contributed by atoms with E-state index in [-0.39, 0.29) is 87.6 Å². The Hall–Kier alpha value is -7.52. The predicted molar refractivity (Wildman–Crippen MR) is 339 cm³/mol. The van der Waals surface area contributed by atoms with Crippen LogP contribution in [0, 0.1) is 11.8 Å². The number of fused-ring (bicyclic) bond motifs is 8. The van der Waals surface area contributed by atoms with Crippen LogP contribution in [0.1, 0.15) is 193 Å². The van der Waals surface area contributed by atoms with Crippen LogP contribution in [0.2, 0.25) is 0 Å². The maximum absolute atomic E-state index is 14.3. The lowest BCUT2D eigenvalue weighted by molar-refractivity contribution is 0.547. The fraction of sp³-hybridized carbons (Fsp3) is 0.457. The molecule has 0 saturated heterocycles. The van der Waals surface area contributed by atoms with Gasteiger partial charge in [0.1, 0.15) is 0 Å². The summed E-state index contributed by atoms with van der Waals surface area (Å²) in [4.78, 5) is 114. The first-order chi connectivity index (χ1) is 39.9. The largest absolute Gasteiger partial charge is 0.274 e. The summed E-state index contributed by atoms with van der Waals surface area (Å²) in [6.45, 7) is 9.85.